The number of benzene rings is 3. The maximum atomic E-state index is 13.3. The van der Waals surface area contributed by atoms with E-state index in [1.165, 1.54) is 28.6 Å². The number of hydrogen-bond donors (Lipinski definition) is 1. The first kappa shape index (κ1) is 23.4. The smallest absolute Gasteiger partial charge is 0.264 e. The maximum absolute atomic E-state index is 13.3. The van der Waals surface area contributed by atoms with Crippen LogP contribution >= 0.6 is 11.6 Å². The molecule has 0 spiro atoms. The minimum Gasteiger partial charge on any atom is -0.497 e. The van der Waals surface area contributed by atoms with E-state index >= 15 is 0 Å². The summed E-state index contributed by atoms with van der Waals surface area (Å²) in [6, 6.07) is 20.0. The molecule has 1 N–H and O–H groups in total. The number of ether oxygens (including phenoxy) is 1. The van der Waals surface area contributed by atoms with Crippen molar-refractivity contribution in [1.29, 1.82) is 0 Å². The molecule has 0 unspecified atom stereocenters. The molecule has 0 fully saturated rings. The Hall–Kier alpha value is -3.29. The van der Waals surface area contributed by atoms with E-state index < -0.39 is 15.9 Å². The first-order valence-electron chi connectivity index (χ1n) is 9.76. The highest BCUT2D eigenvalue weighted by Gasteiger charge is 2.25. The molecule has 3 aromatic rings. The lowest BCUT2D eigenvalue weighted by Crippen LogP contribution is -2.31. The minimum absolute atomic E-state index is 0.0425. The van der Waals surface area contributed by atoms with Crippen LogP contribution in [0.4, 0.5) is 5.69 Å². The van der Waals surface area contributed by atoms with Crippen LogP contribution in [0.3, 0.4) is 0 Å². The summed E-state index contributed by atoms with van der Waals surface area (Å²) in [7, 11) is -2.39. The zero-order valence-electron chi connectivity index (χ0n) is 17.5. The van der Waals surface area contributed by atoms with Crippen LogP contribution in [0.15, 0.2) is 90.3 Å². The minimum atomic E-state index is -3.96. The van der Waals surface area contributed by atoms with Crippen molar-refractivity contribution < 1.29 is 17.9 Å². The molecule has 0 radical (unpaired) electrons. The predicted molar refractivity (Wildman–Crippen MR) is 127 cm³/mol. The van der Waals surface area contributed by atoms with E-state index in [0.29, 0.717) is 11.4 Å². The number of carbonyl (C=O) groups excluding carboxylic acids is 1. The number of methoxy groups -OCH3 is 1. The van der Waals surface area contributed by atoms with Crippen molar-refractivity contribution in [1.82, 2.24) is 5.32 Å². The molecule has 0 aliphatic heterocycles. The van der Waals surface area contributed by atoms with E-state index in [1.54, 1.807) is 49.6 Å². The van der Waals surface area contributed by atoms with Gasteiger partial charge in [-0.15, -0.1) is 6.58 Å². The van der Waals surface area contributed by atoms with Crippen LogP contribution in [-0.2, 0) is 16.6 Å². The standard InChI is InChI=1S/C24H23ClN2O4S/c1-3-14-27(19-9-5-4-6-10-19)32(29,30)21-12-13-23(25)22(16-21)24(28)26-17-18-8-7-11-20(15-18)31-2/h3-13,15-16H,1,14,17H2,2H3,(H,26,28). The van der Waals surface area contributed by atoms with Crippen molar-refractivity contribution in [2.45, 2.75) is 11.4 Å². The summed E-state index contributed by atoms with van der Waals surface area (Å²) >= 11 is 6.22. The highest BCUT2D eigenvalue weighted by atomic mass is 35.5. The molecule has 0 aliphatic rings. The molecule has 3 aromatic carbocycles. The highest BCUT2D eigenvalue weighted by molar-refractivity contribution is 7.92. The monoisotopic (exact) mass is 470 g/mol. The van der Waals surface area contributed by atoms with Gasteiger partial charge in [-0.05, 0) is 48.0 Å². The fourth-order valence-electron chi connectivity index (χ4n) is 3.08. The zero-order chi connectivity index (χ0) is 23.1. The number of para-hydroxylation sites is 1. The van der Waals surface area contributed by atoms with Crippen LogP contribution < -0.4 is 14.4 Å². The third kappa shape index (κ3) is 5.30. The second kappa shape index (κ2) is 10.3. The van der Waals surface area contributed by atoms with Gasteiger partial charge in [0.25, 0.3) is 15.9 Å². The number of hydrogen-bond acceptors (Lipinski definition) is 4. The quantitative estimate of drug-likeness (QED) is 0.461. The molecule has 8 heteroatoms. The van der Waals surface area contributed by atoms with Gasteiger partial charge in [-0.25, -0.2) is 8.42 Å². The Morgan fingerprint density at radius 3 is 2.53 bits per heavy atom. The van der Waals surface area contributed by atoms with Crippen molar-refractivity contribution in [2.75, 3.05) is 18.0 Å². The van der Waals surface area contributed by atoms with Crippen LogP contribution in [0.2, 0.25) is 5.02 Å². The van der Waals surface area contributed by atoms with Gasteiger partial charge in [-0.1, -0.05) is 48.0 Å². The third-order valence-corrected chi connectivity index (χ3v) is 6.82. The van der Waals surface area contributed by atoms with E-state index in [2.05, 4.69) is 11.9 Å². The maximum Gasteiger partial charge on any atom is 0.264 e. The second-order valence-electron chi connectivity index (χ2n) is 6.84. The number of sulfonamides is 1. The van der Waals surface area contributed by atoms with E-state index in [4.69, 9.17) is 16.3 Å². The molecule has 0 atom stereocenters. The van der Waals surface area contributed by atoms with Gasteiger partial charge in [0.1, 0.15) is 5.75 Å². The summed E-state index contributed by atoms with van der Waals surface area (Å²) in [5.41, 5.74) is 1.40. The zero-order valence-corrected chi connectivity index (χ0v) is 19.1. The fourth-order valence-corrected chi connectivity index (χ4v) is 4.75. The SMILES string of the molecule is C=CCN(c1ccccc1)S(=O)(=O)c1ccc(Cl)c(C(=O)NCc2cccc(OC)c2)c1. The molecule has 0 aromatic heterocycles. The Balaban J connectivity index is 1.88. The summed E-state index contributed by atoms with van der Waals surface area (Å²) in [6.07, 6.45) is 1.50. The van der Waals surface area contributed by atoms with Gasteiger partial charge in [0.2, 0.25) is 0 Å². The summed E-state index contributed by atoms with van der Waals surface area (Å²) in [4.78, 5) is 12.7. The summed E-state index contributed by atoms with van der Waals surface area (Å²) in [6.45, 7) is 3.97. The number of carbonyl (C=O) groups is 1. The lowest BCUT2D eigenvalue weighted by atomic mass is 10.2. The van der Waals surface area contributed by atoms with Gasteiger partial charge >= 0.3 is 0 Å². The van der Waals surface area contributed by atoms with Gasteiger partial charge in [0.15, 0.2) is 0 Å². The van der Waals surface area contributed by atoms with Crippen LogP contribution in [-0.4, -0.2) is 28.0 Å². The van der Waals surface area contributed by atoms with Crippen LogP contribution in [0, 0.1) is 0 Å². The number of anilines is 1. The van der Waals surface area contributed by atoms with Crippen molar-refractivity contribution in [3.63, 3.8) is 0 Å². The Kier molecular flexibility index (Phi) is 7.56. The van der Waals surface area contributed by atoms with Gasteiger partial charge in [-0.3, -0.25) is 9.10 Å². The van der Waals surface area contributed by atoms with E-state index in [-0.39, 0.29) is 28.6 Å². The molecule has 3 rings (SSSR count). The first-order valence-corrected chi connectivity index (χ1v) is 11.6. The Morgan fingerprint density at radius 1 is 1.09 bits per heavy atom. The number of nitrogens with one attached hydrogen (secondary N) is 1. The molecule has 0 aliphatic carbocycles. The molecule has 0 bridgehead atoms. The average Bonchev–Trinajstić information content (AvgIpc) is 2.81. The van der Waals surface area contributed by atoms with Gasteiger partial charge in [0.05, 0.1) is 34.8 Å². The molecule has 0 saturated heterocycles. The third-order valence-electron chi connectivity index (χ3n) is 4.70. The lowest BCUT2D eigenvalue weighted by molar-refractivity contribution is 0.0951. The molecule has 32 heavy (non-hydrogen) atoms. The van der Waals surface area contributed by atoms with Crippen molar-refractivity contribution >= 4 is 33.2 Å². The van der Waals surface area contributed by atoms with Crippen LogP contribution in [0.25, 0.3) is 0 Å². The summed E-state index contributed by atoms with van der Waals surface area (Å²) in [5, 5.41) is 2.92. The van der Waals surface area contributed by atoms with E-state index in [0.717, 1.165) is 5.56 Å². The van der Waals surface area contributed by atoms with Crippen LogP contribution in [0.5, 0.6) is 5.75 Å². The molecule has 6 nitrogen and oxygen atoms in total. The van der Waals surface area contributed by atoms with Crippen molar-refractivity contribution in [2.24, 2.45) is 0 Å². The summed E-state index contributed by atoms with van der Waals surface area (Å²) in [5.74, 6) is 0.191. The predicted octanol–water partition coefficient (Wildman–Crippen LogP) is 4.66. The van der Waals surface area contributed by atoms with Crippen molar-refractivity contribution in [3.05, 3.63) is 102 Å². The van der Waals surface area contributed by atoms with Gasteiger partial charge in [-0.2, -0.15) is 0 Å². The van der Waals surface area contributed by atoms with Crippen molar-refractivity contribution in [3.8, 4) is 5.75 Å². The molecule has 0 heterocycles. The Morgan fingerprint density at radius 2 is 1.84 bits per heavy atom. The number of amides is 1. The molecular formula is C24H23ClN2O4S. The first-order chi connectivity index (χ1) is 15.4. The second-order valence-corrected chi connectivity index (χ2v) is 9.11. The summed E-state index contributed by atoms with van der Waals surface area (Å²) < 4.78 is 33.1. The molecule has 1 amide bonds. The van der Waals surface area contributed by atoms with Gasteiger partial charge < -0.3 is 10.1 Å². The molecular weight excluding hydrogens is 448 g/mol. The number of halogens is 1. The normalized spacial score (nSPS) is 10.9. The van der Waals surface area contributed by atoms with E-state index in [1.807, 2.05) is 12.1 Å². The topological polar surface area (TPSA) is 75.7 Å². The Labute approximate surface area is 193 Å². The average molecular weight is 471 g/mol. The highest BCUT2D eigenvalue weighted by Crippen LogP contribution is 2.27. The number of nitrogens with zero attached hydrogens (tertiary/aromatic N) is 1. The van der Waals surface area contributed by atoms with Gasteiger partial charge in [0, 0.05) is 6.54 Å². The Bertz CT molecular complexity index is 1210. The fraction of sp³-hybridized carbons (Fsp3) is 0.125. The number of rotatable bonds is 9. The molecule has 166 valence electrons. The van der Waals surface area contributed by atoms with Crippen LogP contribution in [0.1, 0.15) is 15.9 Å². The molecule has 0 saturated carbocycles. The lowest BCUT2D eigenvalue weighted by Gasteiger charge is -2.23. The largest absolute Gasteiger partial charge is 0.497 e. The van der Waals surface area contributed by atoms with E-state index in [9.17, 15) is 13.2 Å².